The van der Waals surface area contributed by atoms with Crippen LogP contribution < -0.4 is 10.2 Å². The zero-order chi connectivity index (χ0) is 28.8. The Morgan fingerprint density at radius 3 is 2.58 bits per heavy atom. The molecule has 0 spiro atoms. The van der Waals surface area contributed by atoms with E-state index in [2.05, 4.69) is 15.4 Å². The van der Waals surface area contributed by atoms with Crippen LogP contribution in [0.15, 0.2) is 36.8 Å². The van der Waals surface area contributed by atoms with Gasteiger partial charge in [0.25, 0.3) is 11.8 Å². The first-order valence-electron chi connectivity index (χ1n) is 12.8. The molecule has 1 atom stereocenters. The molecule has 10 nitrogen and oxygen atoms in total. The summed E-state index contributed by atoms with van der Waals surface area (Å²) in [6.45, 7) is 2.13. The van der Waals surface area contributed by atoms with Crippen molar-refractivity contribution in [2.75, 3.05) is 49.5 Å². The van der Waals surface area contributed by atoms with Gasteiger partial charge in [0.1, 0.15) is 11.7 Å². The SMILES string of the molecule is CC(C)(O)C(F)CN1Cc2cc(NC(=O)c3cnn4cccnc34)c(N3CCN(CC(F)(F)F)CC3)cc2C1=O. The number of nitrogens with one attached hydrogen (secondary N) is 1. The van der Waals surface area contributed by atoms with Crippen LogP contribution in [0.25, 0.3) is 5.65 Å². The molecule has 40 heavy (non-hydrogen) atoms. The number of halogens is 4. The molecule has 1 unspecified atom stereocenters. The second-order valence-corrected chi connectivity index (χ2v) is 10.6. The highest BCUT2D eigenvalue weighted by molar-refractivity contribution is 6.10. The van der Waals surface area contributed by atoms with Gasteiger partial charge < -0.3 is 20.2 Å². The molecule has 14 heteroatoms. The van der Waals surface area contributed by atoms with Gasteiger partial charge in [-0.1, -0.05) is 0 Å². The van der Waals surface area contributed by atoms with E-state index in [1.165, 1.54) is 40.6 Å². The van der Waals surface area contributed by atoms with E-state index in [1.54, 1.807) is 24.4 Å². The molecule has 0 aliphatic carbocycles. The van der Waals surface area contributed by atoms with Crippen molar-refractivity contribution in [1.29, 1.82) is 0 Å². The highest BCUT2D eigenvalue weighted by Gasteiger charge is 2.37. The number of aromatic nitrogens is 3. The average molecular weight is 564 g/mol. The van der Waals surface area contributed by atoms with Crippen molar-refractivity contribution in [3.8, 4) is 0 Å². The molecule has 0 radical (unpaired) electrons. The minimum Gasteiger partial charge on any atom is -0.387 e. The van der Waals surface area contributed by atoms with Gasteiger partial charge in [0.15, 0.2) is 5.65 Å². The number of piperazine rings is 1. The first-order valence-corrected chi connectivity index (χ1v) is 12.8. The first-order chi connectivity index (χ1) is 18.8. The second kappa shape index (κ2) is 10.3. The van der Waals surface area contributed by atoms with Gasteiger partial charge in [-0.3, -0.25) is 14.5 Å². The van der Waals surface area contributed by atoms with Crippen LogP contribution >= 0.6 is 0 Å². The number of carbonyl (C=O) groups excluding carboxylic acids is 2. The lowest BCUT2D eigenvalue weighted by Gasteiger charge is -2.37. The number of alkyl halides is 4. The number of fused-ring (bicyclic) bond motifs is 2. The summed E-state index contributed by atoms with van der Waals surface area (Å²) in [7, 11) is 0. The molecular weight excluding hydrogens is 534 g/mol. The molecule has 2 amide bonds. The average Bonchev–Trinajstić information content (AvgIpc) is 3.44. The van der Waals surface area contributed by atoms with Gasteiger partial charge in [0.05, 0.1) is 36.3 Å². The fraction of sp³-hybridized carbons (Fsp3) is 0.462. The number of nitrogens with zero attached hydrogens (tertiary/aromatic N) is 6. The van der Waals surface area contributed by atoms with Crippen LogP contribution in [0.1, 0.15) is 40.1 Å². The van der Waals surface area contributed by atoms with Crippen LogP contribution in [0.4, 0.5) is 28.9 Å². The van der Waals surface area contributed by atoms with E-state index in [4.69, 9.17) is 0 Å². The molecule has 1 saturated heterocycles. The Balaban J connectivity index is 1.44. The molecule has 2 N–H and O–H groups in total. The van der Waals surface area contributed by atoms with E-state index >= 15 is 0 Å². The highest BCUT2D eigenvalue weighted by atomic mass is 19.4. The fourth-order valence-corrected chi connectivity index (χ4v) is 4.91. The Morgan fingerprint density at radius 2 is 1.90 bits per heavy atom. The van der Waals surface area contributed by atoms with Crippen molar-refractivity contribution in [2.24, 2.45) is 0 Å². The van der Waals surface area contributed by atoms with Crippen molar-refractivity contribution in [2.45, 2.75) is 38.3 Å². The summed E-state index contributed by atoms with van der Waals surface area (Å²) in [4.78, 5) is 35.1. The molecule has 2 aliphatic rings. The molecule has 0 saturated carbocycles. The van der Waals surface area contributed by atoms with Crippen LogP contribution in [-0.2, 0) is 6.54 Å². The highest BCUT2D eigenvalue weighted by Crippen LogP contribution is 2.36. The van der Waals surface area contributed by atoms with Crippen molar-refractivity contribution in [3.63, 3.8) is 0 Å². The Bertz CT molecular complexity index is 1430. The maximum atomic E-state index is 14.6. The number of hydrogen-bond donors (Lipinski definition) is 2. The predicted octanol–water partition coefficient (Wildman–Crippen LogP) is 2.73. The zero-order valence-corrected chi connectivity index (χ0v) is 22.0. The van der Waals surface area contributed by atoms with Crippen molar-refractivity contribution in [1.82, 2.24) is 24.4 Å². The third kappa shape index (κ3) is 5.72. The summed E-state index contributed by atoms with van der Waals surface area (Å²) in [5.41, 5.74) is 0.607. The van der Waals surface area contributed by atoms with Crippen molar-refractivity contribution < 1.29 is 32.3 Å². The standard InChI is InChI=1S/C26H29F4N7O3/c1-25(2,40)21(27)14-36-13-16-10-19(33-23(38)18-12-32-37-5-3-4-31-22(18)37)20(11-17(16)24(36)39)35-8-6-34(7-9-35)15-26(28,29)30/h3-5,10-12,21,40H,6-9,13-15H2,1-2H3,(H,33,38). The summed E-state index contributed by atoms with van der Waals surface area (Å²) in [6.07, 6.45) is -1.45. The van der Waals surface area contributed by atoms with Gasteiger partial charge >= 0.3 is 6.18 Å². The van der Waals surface area contributed by atoms with Gasteiger partial charge in [0, 0.05) is 50.7 Å². The van der Waals surface area contributed by atoms with Gasteiger partial charge in [-0.05, 0) is 37.6 Å². The lowest BCUT2D eigenvalue weighted by molar-refractivity contribution is -0.146. The van der Waals surface area contributed by atoms with Gasteiger partial charge in [0.2, 0.25) is 0 Å². The zero-order valence-electron chi connectivity index (χ0n) is 22.0. The quantitative estimate of drug-likeness (QED) is 0.426. The number of aliphatic hydroxyl groups is 1. The number of benzene rings is 1. The van der Waals surface area contributed by atoms with E-state index in [1.807, 2.05) is 4.90 Å². The predicted molar refractivity (Wildman–Crippen MR) is 138 cm³/mol. The molecule has 1 fully saturated rings. The van der Waals surface area contributed by atoms with Crippen LogP contribution in [-0.4, -0.2) is 98.5 Å². The number of amides is 2. The van der Waals surface area contributed by atoms with E-state index in [0.29, 0.717) is 28.1 Å². The molecular formula is C26H29F4N7O3. The number of rotatable bonds is 7. The van der Waals surface area contributed by atoms with Crippen molar-refractivity contribution in [3.05, 3.63) is 53.5 Å². The number of anilines is 2. The van der Waals surface area contributed by atoms with Crippen LogP contribution in [0.5, 0.6) is 0 Å². The summed E-state index contributed by atoms with van der Waals surface area (Å²) in [5.74, 6) is -0.929. The maximum absolute atomic E-state index is 14.6. The number of hydrogen-bond acceptors (Lipinski definition) is 7. The Hall–Kier alpha value is -3.78. The number of carbonyl (C=O) groups is 2. The van der Waals surface area contributed by atoms with E-state index < -0.39 is 36.3 Å². The topological polar surface area (TPSA) is 106 Å². The fourth-order valence-electron chi connectivity index (χ4n) is 4.91. The molecule has 214 valence electrons. The Kier molecular flexibility index (Phi) is 7.17. The summed E-state index contributed by atoms with van der Waals surface area (Å²) in [5, 5.41) is 17.0. The van der Waals surface area contributed by atoms with Gasteiger partial charge in [-0.25, -0.2) is 13.9 Å². The van der Waals surface area contributed by atoms with E-state index in [-0.39, 0.29) is 44.8 Å². The lowest BCUT2D eigenvalue weighted by Crippen LogP contribution is -2.49. The van der Waals surface area contributed by atoms with Gasteiger partial charge in [-0.15, -0.1) is 0 Å². The van der Waals surface area contributed by atoms with Crippen LogP contribution in [0, 0.1) is 0 Å². The monoisotopic (exact) mass is 563 g/mol. The normalized spacial score (nSPS) is 17.4. The minimum absolute atomic E-state index is 0.0748. The summed E-state index contributed by atoms with van der Waals surface area (Å²) < 4.78 is 54.8. The molecule has 2 aliphatic heterocycles. The van der Waals surface area contributed by atoms with Crippen molar-refractivity contribution >= 4 is 28.8 Å². The molecule has 3 aromatic rings. The first kappa shape index (κ1) is 27.8. The maximum Gasteiger partial charge on any atom is 0.401 e. The molecule has 4 heterocycles. The third-order valence-corrected chi connectivity index (χ3v) is 7.14. The summed E-state index contributed by atoms with van der Waals surface area (Å²) >= 11 is 0. The van der Waals surface area contributed by atoms with E-state index in [0.717, 1.165) is 0 Å². The van der Waals surface area contributed by atoms with Crippen LogP contribution in [0.3, 0.4) is 0 Å². The molecule has 1 aromatic carbocycles. The summed E-state index contributed by atoms with van der Waals surface area (Å²) in [6, 6.07) is 4.90. The van der Waals surface area contributed by atoms with Gasteiger partial charge in [-0.2, -0.15) is 18.3 Å². The Morgan fingerprint density at radius 1 is 1.18 bits per heavy atom. The van der Waals surface area contributed by atoms with E-state index in [9.17, 15) is 32.3 Å². The lowest BCUT2D eigenvalue weighted by atomic mass is 10.0. The molecule has 5 rings (SSSR count). The molecule has 2 aromatic heterocycles. The second-order valence-electron chi connectivity index (χ2n) is 10.6. The Labute approximate surface area is 227 Å². The molecule has 0 bridgehead atoms. The van der Waals surface area contributed by atoms with Crippen LogP contribution in [0.2, 0.25) is 0 Å². The smallest absolute Gasteiger partial charge is 0.387 e. The third-order valence-electron chi connectivity index (χ3n) is 7.14. The largest absolute Gasteiger partial charge is 0.401 e. The minimum atomic E-state index is -4.31.